The third-order valence-electron chi connectivity index (χ3n) is 4.83. The molecule has 2 amide bonds. The van der Waals surface area contributed by atoms with E-state index in [0.717, 1.165) is 23.3 Å². The summed E-state index contributed by atoms with van der Waals surface area (Å²) < 4.78 is 5.96. The number of carbonyl (C=O) groups is 2. The molecular formula is C19H28N2O4. The molecule has 1 aliphatic rings. The van der Waals surface area contributed by atoms with Gasteiger partial charge in [0.25, 0.3) is 0 Å². The number of carbonyl (C=O) groups excluding carboxylic acids is 1. The number of carboxylic acids is 1. The summed E-state index contributed by atoms with van der Waals surface area (Å²) in [5.74, 6) is -0.0722. The number of rotatable bonds is 6. The first-order valence-electron chi connectivity index (χ1n) is 8.77. The molecule has 1 aliphatic heterocycles. The van der Waals surface area contributed by atoms with Crippen LogP contribution in [0.5, 0.6) is 5.75 Å². The van der Waals surface area contributed by atoms with E-state index in [-0.39, 0.29) is 18.7 Å². The Kier molecular flexibility index (Phi) is 5.93. The van der Waals surface area contributed by atoms with E-state index in [0.29, 0.717) is 19.5 Å². The van der Waals surface area contributed by atoms with Gasteiger partial charge >= 0.3 is 12.0 Å². The van der Waals surface area contributed by atoms with Crippen LogP contribution in [0.25, 0.3) is 0 Å². The molecule has 1 aromatic rings. The minimum absolute atomic E-state index is 0.103. The minimum atomic E-state index is -0.856. The molecule has 6 heteroatoms. The second-order valence-corrected chi connectivity index (χ2v) is 7.14. The summed E-state index contributed by atoms with van der Waals surface area (Å²) in [6.07, 6.45) is 1.48. The summed E-state index contributed by atoms with van der Waals surface area (Å²) in [7, 11) is 0. The van der Waals surface area contributed by atoms with Gasteiger partial charge in [-0.25, -0.2) is 4.79 Å². The van der Waals surface area contributed by atoms with Crippen LogP contribution in [-0.4, -0.2) is 41.2 Å². The lowest BCUT2D eigenvalue weighted by atomic mass is 9.90. The number of urea groups is 1. The summed E-state index contributed by atoms with van der Waals surface area (Å²) >= 11 is 0. The minimum Gasteiger partial charge on any atom is -0.490 e. The van der Waals surface area contributed by atoms with Gasteiger partial charge < -0.3 is 20.1 Å². The van der Waals surface area contributed by atoms with Crippen LogP contribution in [0.15, 0.2) is 18.2 Å². The average Bonchev–Trinajstić information content (AvgIpc) is 2.97. The molecule has 2 unspecified atom stereocenters. The SMILES string of the molecule is CCC(C)Oc1cc(C)ccc1CNC(=O)N1CCC(C)(C(=O)O)C1. The van der Waals surface area contributed by atoms with Crippen LogP contribution in [0.2, 0.25) is 0 Å². The molecular weight excluding hydrogens is 320 g/mol. The largest absolute Gasteiger partial charge is 0.490 e. The van der Waals surface area contributed by atoms with Crippen LogP contribution in [-0.2, 0) is 11.3 Å². The fraction of sp³-hybridized carbons (Fsp3) is 0.579. The van der Waals surface area contributed by atoms with E-state index in [1.807, 2.05) is 32.0 Å². The number of hydrogen-bond acceptors (Lipinski definition) is 3. The third kappa shape index (κ3) is 4.65. The van der Waals surface area contributed by atoms with Gasteiger partial charge in [0.05, 0.1) is 11.5 Å². The Morgan fingerprint density at radius 3 is 2.76 bits per heavy atom. The molecule has 0 spiro atoms. The summed E-state index contributed by atoms with van der Waals surface area (Å²) in [4.78, 5) is 25.2. The molecule has 0 radical (unpaired) electrons. The molecule has 0 aromatic heterocycles. The molecule has 1 heterocycles. The lowest BCUT2D eigenvalue weighted by molar-refractivity contribution is -0.147. The van der Waals surface area contributed by atoms with Gasteiger partial charge in [0.1, 0.15) is 5.75 Å². The van der Waals surface area contributed by atoms with Crippen LogP contribution in [0.3, 0.4) is 0 Å². The third-order valence-corrected chi connectivity index (χ3v) is 4.83. The Labute approximate surface area is 149 Å². The van der Waals surface area contributed by atoms with Crippen molar-refractivity contribution in [2.45, 2.75) is 53.2 Å². The molecule has 2 rings (SSSR count). The predicted octanol–water partition coefficient (Wildman–Crippen LogP) is 3.18. The van der Waals surface area contributed by atoms with Gasteiger partial charge in [-0.1, -0.05) is 19.1 Å². The van der Waals surface area contributed by atoms with Gasteiger partial charge in [-0.15, -0.1) is 0 Å². The van der Waals surface area contributed by atoms with E-state index in [9.17, 15) is 14.7 Å². The monoisotopic (exact) mass is 348 g/mol. The number of aryl methyl sites for hydroxylation is 1. The molecule has 2 N–H and O–H groups in total. The number of aliphatic carboxylic acids is 1. The smallest absolute Gasteiger partial charge is 0.317 e. The molecule has 6 nitrogen and oxygen atoms in total. The quantitative estimate of drug-likeness (QED) is 0.827. The standard InChI is InChI=1S/C19H28N2O4/c1-5-14(3)25-16-10-13(2)6-7-15(16)11-20-18(24)21-9-8-19(4,12-21)17(22)23/h6-7,10,14H,5,8-9,11-12H2,1-4H3,(H,20,24)(H,22,23). The second kappa shape index (κ2) is 7.76. The molecule has 2 atom stereocenters. The first kappa shape index (κ1) is 19.1. The number of amides is 2. The van der Waals surface area contributed by atoms with Crippen molar-refractivity contribution in [1.29, 1.82) is 0 Å². The van der Waals surface area contributed by atoms with Gasteiger partial charge in [-0.05, 0) is 45.2 Å². The number of nitrogens with zero attached hydrogens (tertiary/aromatic N) is 1. The zero-order valence-electron chi connectivity index (χ0n) is 15.5. The molecule has 0 aliphatic carbocycles. The van der Waals surface area contributed by atoms with E-state index < -0.39 is 11.4 Å². The number of nitrogens with one attached hydrogen (secondary N) is 1. The number of carboxylic acid groups (broad SMARTS) is 1. The normalized spacial score (nSPS) is 21.0. The Bertz CT molecular complexity index is 646. The molecule has 25 heavy (non-hydrogen) atoms. The Morgan fingerprint density at radius 1 is 1.44 bits per heavy atom. The van der Waals surface area contributed by atoms with Gasteiger partial charge in [-0.2, -0.15) is 0 Å². The summed E-state index contributed by atoms with van der Waals surface area (Å²) in [5.41, 5.74) is 1.16. The number of benzene rings is 1. The molecule has 138 valence electrons. The zero-order valence-corrected chi connectivity index (χ0v) is 15.5. The molecule has 1 fully saturated rings. The topological polar surface area (TPSA) is 78.9 Å². The fourth-order valence-corrected chi connectivity index (χ4v) is 2.81. The van der Waals surface area contributed by atoms with Crippen molar-refractivity contribution < 1.29 is 19.4 Å². The first-order chi connectivity index (χ1) is 11.7. The van der Waals surface area contributed by atoms with E-state index in [4.69, 9.17) is 4.74 Å². The van der Waals surface area contributed by atoms with Crippen molar-refractivity contribution in [3.63, 3.8) is 0 Å². The fourth-order valence-electron chi connectivity index (χ4n) is 2.81. The van der Waals surface area contributed by atoms with Crippen LogP contribution >= 0.6 is 0 Å². The van der Waals surface area contributed by atoms with Gasteiger partial charge in [0.2, 0.25) is 0 Å². The van der Waals surface area contributed by atoms with Crippen molar-refractivity contribution in [2.24, 2.45) is 5.41 Å². The lowest BCUT2D eigenvalue weighted by Crippen LogP contribution is -2.40. The molecule has 0 saturated carbocycles. The van der Waals surface area contributed by atoms with Crippen LogP contribution in [0, 0.1) is 12.3 Å². The average molecular weight is 348 g/mol. The van der Waals surface area contributed by atoms with Gasteiger partial charge in [-0.3, -0.25) is 4.79 Å². The molecule has 1 saturated heterocycles. The zero-order chi connectivity index (χ0) is 18.6. The Morgan fingerprint density at radius 2 is 2.16 bits per heavy atom. The van der Waals surface area contributed by atoms with Crippen molar-refractivity contribution in [3.8, 4) is 5.75 Å². The van der Waals surface area contributed by atoms with Crippen LogP contribution < -0.4 is 10.1 Å². The number of hydrogen-bond donors (Lipinski definition) is 2. The maximum absolute atomic E-state index is 12.4. The van der Waals surface area contributed by atoms with Crippen molar-refractivity contribution in [2.75, 3.05) is 13.1 Å². The predicted molar refractivity (Wildman–Crippen MR) is 95.7 cm³/mol. The van der Waals surface area contributed by atoms with Crippen molar-refractivity contribution in [1.82, 2.24) is 10.2 Å². The first-order valence-corrected chi connectivity index (χ1v) is 8.77. The van der Waals surface area contributed by atoms with Crippen molar-refractivity contribution in [3.05, 3.63) is 29.3 Å². The Balaban J connectivity index is 1.99. The summed E-state index contributed by atoms with van der Waals surface area (Å²) in [6, 6.07) is 5.69. The Hall–Kier alpha value is -2.24. The molecule has 1 aromatic carbocycles. The number of ether oxygens (including phenoxy) is 1. The van der Waals surface area contributed by atoms with E-state index in [2.05, 4.69) is 12.2 Å². The van der Waals surface area contributed by atoms with E-state index in [1.54, 1.807) is 11.8 Å². The summed E-state index contributed by atoms with van der Waals surface area (Å²) in [5, 5.41) is 12.2. The highest BCUT2D eigenvalue weighted by Crippen LogP contribution is 2.30. The molecule has 0 bridgehead atoms. The summed E-state index contributed by atoms with van der Waals surface area (Å²) in [6.45, 7) is 8.81. The lowest BCUT2D eigenvalue weighted by Gasteiger charge is -2.21. The highest BCUT2D eigenvalue weighted by atomic mass is 16.5. The maximum atomic E-state index is 12.4. The number of likely N-dealkylation sites (tertiary alicyclic amines) is 1. The highest BCUT2D eigenvalue weighted by Gasteiger charge is 2.42. The van der Waals surface area contributed by atoms with Crippen LogP contribution in [0.4, 0.5) is 4.79 Å². The van der Waals surface area contributed by atoms with Crippen molar-refractivity contribution >= 4 is 12.0 Å². The highest BCUT2D eigenvalue weighted by molar-refractivity contribution is 5.79. The maximum Gasteiger partial charge on any atom is 0.317 e. The van der Waals surface area contributed by atoms with Gasteiger partial charge in [0, 0.05) is 25.2 Å². The van der Waals surface area contributed by atoms with Crippen LogP contribution in [0.1, 0.15) is 44.7 Å². The van der Waals surface area contributed by atoms with E-state index >= 15 is 0 Å². The van der Waals surface area contributed by atoms with Gasteiger partial charge in [0.15, 0.2) is 0 Å². The second-order valence-electron chi connectivity index (χ2n) is 7.14. The van der Waals surface area contributed by atoms with E-state index in [1.165, 1.54) is 0 Å².